The third-order valence-electron chi connectivity index (χ3n) is 6.89. The Kier molecular flexibility index (Phi) is 5.06. The molecule has 164 valence electrons. The van der Waals surface area contributed by atoms with E-state index in [0.717, 1.165) is 44.6 Å². The molecule has 2 aromatic heterocycles. The molecule has 4 heterocycles. The second kappa shape index (κ2) is 7.92. The number of nitriles is 1. The van der Waals surface area contributed by atoms with E-state index in [2.05, 4.69) is 28.1 Å². The summed E-state index contributed by atoms with van der Waals surface area (Å²) in [6.07, 6.45) is 11.5. The SMILES string of the molecule is CN1CCC2(CCN(C(=O)c3ccc(-n4ncc(C5=CCC(C#N)C=C5)c4O)nc3)C2)C1. The maximum absolute atomic E-state index is 13.0. The third-order valence-corrected chi connectivity index (χ3v) is 6.89. The molecule has 0 saturated carbocycles. The summed E-state index contributed by atoms with van der Waals surface area (Å²) in [6.45, 7) is 3.74. The number of hydrogen-bond acceptors (Lipinski definition) is 6. The third kappa shape index (κ3) is 3.59. The van der Waals surface area contributed by atoms with E-state index in [4.69, 9.17) is 5.26 Å². The van der Waals surface area contributed by atoms with Crippen molar-refractivity contribution in [2.75, 3.05) is 33.2 Å². The molecule has 8 nitrogen and oxygen atoms in total. The normalized spacial score (nSPS) is 25.3. The van der Waals surface area contributed by atoms with Crippen LogP contribution in [0, 0.1) is 22.7 Å². The molecule has 8 heteroatoms. The van der Waals surface area contributed by atoms with Crippen LogP contribution < -0.4 is 0 Å². The minimum Gasteiger partial charge on any atom is -0.493 e. The van der Waals surface area contributed by atoms with Gasteiger partial charge in [-0.1, -0.05) is 18.2 Å². The van der Waals surface area contributed by atoms with Gasteiger partial charge in [-0.05, 0) is 50.6 Å². The van der Waals surface area contributed by atoms with Crippen molar-refractivity contribution in [1.29, 1.82) is 5.26 Å². The molecular weight excluding hydrogens is 404 g/mol. The Morgan fingerprint density at radius 2 is 2.09 bits per heavy atom. The Morgan fingerprint density at radius 1 is 1.25 bits per heavy atom. The Balaban J connectivity index is 1.30. The first-order valence-electron chi connectivity index (χ1n) is 11.0. The predicted octanol–water partition coefficient (Wildman–Crippen LogP) is 2.62. The van der Waals surface area contributed by atoms with Gasteiger partial charge in [-0.25, -0.2) is 4.98 Å². The van der Waals surface area contributed by atoms with Crippen LogP contribution in [0.2, 0.25) is 0 Å². The van der Waals surface area contributed by atoms with E-state index < -0.39 is 0 Å². The maximum atomic E-state index is 13.0. The number of aromatic nitrogens is 3. The zero-order chi connectivity index (χ0) is 22.3. The maximum Gasteiger partial charge on any atom is 0.255 e. The number of nitrogens with zero attached hydrogens (tertiary/aromatic N) is 6. The van der Waals surface area contributed by atoms with E-state index in [0.29, 0.717) is 23.4 Å². The first-order chi connectivity index (χ1) is 15.5. The lowest BCUT2D eigenvalue weighted by molar-refractivity contribution is 0.0773. The van der Waals surface area contributed by atoms with Crippen molar-refractivity contribution in [1.82, 2.24) is 24.6 Å². The van der Waals surface area contributed by atoms with E-state index in [1.165, 1.54) is 4.68 Å². The molecule has 2 aromatic rings. The van der Waals surface area contributed by atoms with Gasteiger partial charge in [0, 0.05) is 31.2 Å². The zero-order valence-corrected chi connectivity index (χ0v) is 18.1. The van der Waals surface area contributed by atoms with E-state index in [9.17, 15) is 9.90 Å². The molecule has 0 bridgehead atoms. The number of allylic oxidation sites excluding steroid dienone is 4. The van der Waals surface area contributed by atoms with Crippen molar-refractivity contribution in [3.8, 4) is 17.8 Å². The topological polar surface area (TPSA) is 98.3 Å². The molecule has 2 unspecified atom stereocenters. The number of hydrogen-bond donors (Lipinski definition) is 1. The summed E-state index contributed by atoms with van der Waals surface area (Å²) >= 11 is 0. The Labute approximate surface area is 187 Å². The van der Waals surface area contributed by atoms with Gasteiger partial charge >= 0.3 is 0 Å². The standard InChI is InChI=1S/C24H26N6O2/c1-28-10-8-24(15-28)9-11-29(16-24)22(31)19-6-7-21(26-13-19)30-23(32)20(14-27-30)18-4-2-17(12-25)3-5-18/h2,4-7,13-14,17,32H,3,8-11,15-16H2,1H3. The van der Waals surface area contributed by atoms with Gasteiger partial charge in [0.2, 0.25) is 5.88 Å². The van der Waals surface area contributed by atoms with Crippen molar-refractivity contribution >= 4 is 11.5 Å². The molecule has 2 atom stereocenters. The molecule has 3 aliphatic rings. The predicted molar refractivity (Wildman–Crippen MR) is 119 cm³/mol. The lowest BCUT2D eigenvalue weighted by Crippen LogP contribution is -2.33. The molecule has 2 fully saturated rings. The fourth-order valence-corrected chi connectivity index (χ4v) is 5.05. The second-order valence-electron chi connectivity index (χ2n) is 9.15. The van der Waals surface area contributed by atoms with Crippen LogP contribution in [-0.4, -0.2) is 68.8 Å². The van der Waals surface area contributed by atoms with Crippen LogP contribution in [0.4, 0.5) is 0 Å². The van der Waals surface area contributed by atoms with Crippen LogP contribution in [0.15, 0.2) is 42.8 Å². The summed E-state index contributed by atoms with van der Waals surface area (Å²) in [5, 5.41) is 24.0. The molecule has 1 amide bonds. The number of pyridine rings is 1. The molecule has 32 heavy (non-hydrogen) atoms. The van der Waals surface area contributed by atoms with Gasteiger partial charge in [-0.15, -0.1) is 0 Å². The second-order valence-corrected chi connectivity index (χ2v) is 9.15. The average Bonchev–Trinajstić information content (AvgIpc) is 3.52. The minimum atomic E-state index is -0.136. The molecule has 1 N–H and O–H groups in total. The van der Waals surface area contributed by atoms with Crippen LogP contribution in [-0.2, 0) is 0 Å². The first-order valence-corrected chi connectivity index (χ1v) is 11.0. The van der Waals surface area contributed by atoms with Crippen molar-refractivity contribution in [2.45, 2.75) is 19.3 Å². The zero-order valence-electron chi connectivity index (χ0n) is 18.1. The van der Waals surface area contributed by atoms with E-state index >= 15 is 0 Å². The lowest BCUT2D eigenvalue weighted by atomic mass is 9.86. The summed E-state index contributed by atoms with van der Waals surface area (Å²) in [5.41, 5.74) is 2.20. The van der Waals surface area contributed by atoms with Crippen molar-refractivity contribution in [3.05, 3.63) is 53.9 Å². The van der Waals surface area contributed by atoms with E-state index in [-0.39, 0.29) is 23.1 Å². The number of carbonyl (C=O) groups excluding carboxylic acids is 1. The van der Waals surface area contributed by atoms with Crippen LogP contribution in [0.1, 0.15) is 35.2 Å². The molecule has 5 rings (SSSR count). The lowest BCUT2D eigenvalue weighted by Gasteiger charge is -2.23. The molecule has 0 radical (unpaired) electrons. The highest BCUT2D eigenvalue weighted by molar-refractivity contribution is 5.94. The number of aromatic hydroxyl groups is 1. The number of carbonyl (C=O) groups is 1. The number of amides is 1. The van der Waals surface area contributed by atoms with Gasteiger partial charge < -0.3 is 14.9 Å². The Bertz CT molecular complexity index is 1140. The summed E-state index contributed by atoms with van der Waals surface area (Å²) in [4.78, 5) is 21.7. The van der Waals surface area contributed by atoms with Crippen LogP contribution >= 0.6 is 0 Å². The van der Waals surface area contributed by atoms with Crippen molar-refractivity contribution in [2.24, 2.45) is 11.3 Å². The van der Waals surface area contributed by atoms with Gasteiger partial charge in [0.25, 0.3) is 5.91 Å². The smallest absolute Gasteiger partial charge is 0.255 e. The van der Waals surface area contributed by atoms with Crippen molar-refractivity contribution in [3.63, 3.8) is 0 Å². The quantitative estimate of drug-likeness (QED) is 0.804. The minimum absolute atomic E-state index is 0.00500. The Morgan fingerprint density at radius 3 is 2.75 bits per heavy atom. The van der Waals surface area contributed by atoms with Gasteiger partial charge in [0.15, 0.2) is 5.82 Å². The van der Waals surface area contributed by atoms with Gasteiger partial charge in [-0.2, -0.15) is 15.0 Å². The summed E-state index contributed by atoms with van der Waals surface area (Å²) < 4.78 is 1.36. The highest BCUT2D eigenvalue weighted by atomic mass is 16.3. The van der Waals surface area contributed by atoms with Crippen molar-refractivity contribution < 1.29 is 9.90 Å². The molecule has 2 saturated heterocycles. The van der Waals surface area contributed by atoms with E-state index in [1.807, 2.05) is 23.1 Å². The van der Waals surface area contributed by atoms with Crippen LogP contribution in [0.5, 0.6) is 5.88 Å². The van der Waals surface area contributed by atoms with E-state index in [1.54, 1.807) is 24.5 Å². The monoisotopic (exact) mass is 430 g/mol. The Hall–Kier alpha value is -3.44. The van der Waals surface area contributed by atoms with Gasteiger partial charge in [0.05, 0.1) is 29.3 Å². The molecular formula is C24H26N6O2. The number of likely N-dealkylation sites (tertiary alicyclic amines) is 2. The van der Waals surface area contributed by atoms with Gasteiger partial charge in [-0.3, -0.25) is 4.79 Å². The first kappa shape index (κ1) is 20.5. The number of rotatable bonds is 3. The summed E-state index contributed by atoms with van der Waals surface area (Å²) in [5.74, 6) is 0.291. The molecule has 1 spiro atoms. The largest absolute Gasteiger partial charge is 0.493 e. The molecule has 1 aliphatic carbocycles. The van der Waals surface area contributed by atoms with Crippen LogP contribution in [0.3, 0.4) is 0 Å². The van der Waals surface area contributed by atoms with Gasteiger partial charge in [0.1, 0.15) is 0 Å². The fourth-order valence-electron chi connectivity index (χ4n) is 5.05. The highest BCUT2D eigenvalue weighted by Crippen LogP contribution is 2.39. The molecule has 0 aromatic carbocycles. The van der Waals surface area contributed by atoms with Crippen LogP contribution in [0.25, 0.3) is 11.4 Å². The molecule has 2 aliphatic heterocycles. The summed E-state index contributed by atoms with van der Waals surface area (Å²) in [7, 11) is 2.14. The summed E-state index contributed by atoms with van der Waals surface area (Å²) in [6, 6.07) is 5.66. The highest BCUT2D eigenvalue weighted by Gasteiger charge is 2.43. The average molecular weight is 431 g/mol. The fraction of sp³-hybridized carbons (Fsp3) is 0.417.